The highest BCUT2D eigenvalue weighted by Crippen LogP contribution is 2.26. The lowest BCUT2D eigenvalue weighted by Crippen LogP contribution is -2.37. The Morgan fingerprint density at radius 2 is 1.82 bits per heavy atom. The second kappa shape index (κ2) is 6.48. The summed E-state index contributed by atoms with van der Waals surface area (Å²) in [5.41, 5.74) is 0.753. The number of alkyl halides is 1. The van der Waals surface area contributed by atoms with E-state index in [-0.39, 0.29) is 17.8 Å². The van der Waals surface area contributed by atoms with Gasteiger partial charge >= 0.3 is 0 Å². The van der Waals surface area contributed by atoms with E-state index < -0.39 is 0 Å². The highest BCUT2D eigenvalue weighted by molar-refractivity contribution is 6.36. The molecule has 94 valence electrons. The number of hydrogen-bond donors (Lipinski definition) is 0. The van der Waals surface area contributed by atoms with Crippen LogP contribution in [-0.4, -0.2) is 22.7 Å². The minimum absolute atomic E-state index is 0.0414. The Hall–Kier alpha value is -0.440. The summed E-state index contributed by atoms with van der Waals surface area (Å²) < 4.78 is 0. The normalized spacial score (nSPS) is 10.7. The number of carbonyl (C=O) groups excluding carboxylic acids is 1. The first-order valence-electron chi connectivity index (χ1n) is 5.25. The van der Waals surface area contributed by atoms with Gasteiger partial charge < -0.3 is 4.90 Å². The van der Waals surface area contributed by atoms with Gasteiger partial charge in [0.25, 0.3) is 0 Å². The van der Waals surface area contributed by atoms with E-state index in [9.17, 15) is 4.79 Å². The summed E-state index contributed by atoms with van der Waals surface area (Å²) in [5, 5.41) is 1.12. The van der Waals surface area contributed by atoms with E-state index in [1.165, 1.54) is 0 Å². The van der Waals surface area contributed by atoms with Crippen LogP contribution in [0, 0.1) is 0 Å². The van der Waals surface area contributed by atoms with E-state index in [1.54, 1.807) is 23.1 Å². The Kier molecular flexibility index (Phi) is 5.57. The third kappa shape index (κ3) is 3.77. The van der Waals surface area contributed by atoms with Crippen molar-refractivity contribution in [3.05, 3.63) is 33.8 Å². The summed E-state index contributed by atoms with van der Waals surface area (Å²) in [6.07, 6.45) is 0. The number of benzene rings is 1. The van der Waals surface area contributed by atoms with Gasteiger partial charge in [-0.1, -0.05) is 29.3 Å². The van der Waals surface area contributed by atoms with Gasteiger partial charge in [0.05, 0.1) is 0 Å². The topological polar surface area (TPSA) is 20.3 Å². The summed E-state index contributed by atoms with van der Waals surface area (Å²) in [5.74, 6) is -0.169. The number of carbonyl (C=O) groups is 1. The molecule has 5 heteroatoms. The molecule has 0 saturated heterocycles. The molecule has 2 nitrogen and oxygen atoms in total. The molecule has 0 fully saturated rings. The summed E-state index contributed by atoms with van der Waals surface area (Å²) in [6.45, 7) is 4.23. The fourth-order valence-electron chi connectivity index (χ4n) is 1.49. The van der Waals surface area contributed by atoms with Crippen molar-refractivity contribution >= 4 is 40.7 Å². The van der Waals surface area contributed by atoms with Crippen molar-refractivity contribution in [2.75, 3.05) is 5.88 Å². The first-order valence-corrected chi connectivity index (χ1v) is 6.54. The van der Waals surface area contributed by atoms with Gasteiger partial charge in [-0.25, -0.2) is 0 Å². The Morgan fingerprint density at radius 1 is 1.29 bits per heavy atom. The summed E-state index contributed by atoms with van der Waals surface area (Å²) in [7, 11) is 0. The van der Waals surface area contributed by atoms with Crippen molar-refractivity contribution in [1.82, 2.24) is 4.90 Å². The van der Waals surface area contributed by atoms with Crippen molar-refractivity contribution in [1.29, 1.82) is 0 Å². The molecular formula is C12H14Cl3NO. The Morgan fingerprint density at radius 3 is 2.24 bits per heavy atom. The molecule has 0 aliphatic heterocycles. The standard InChI is InChI=1S/C12H14Cl3NO/c1-8(2)16(12(17)6-13)7-9-10(14)4-3-5-11(9)15/h3-5,8H,6-7H2,1-2H3. The first-order chi connectivity index (χ1) is 7.97. The van der Waals surface area contributed by atoms with Crippen molar-refractivity contribution in [3.63, 3.8) is 0 Å². The lowest BCUT2D eigenvalue weighted by atomic mass is 10.2. The monoisotopic (exact) mass is 293 g/mol. The van der Waals surface area contributed by atoms with E-state index in [2.05, 4.69) is 0 Å². The predicted molar refractivity (Wildman–Crippen MR) is 72.9 cm³/mol. The third-order valence-corrected chi connectivity index (χ3v) is 3.39. The van der Waals surface area contributed by atoms with Crippen LogP contribution in [0.3, 0.4) is 0 Å². The second-order valence-electron chi connectivity index (χ2n) is 3.95. The summed E-state index contributed by atoms with van der Waals surface area (Å²) in [4.78, 5) is 13.3. The lowest BCUT2D eigenvalue weighted by Gasteiger charge is -2.27. The lowest BCUT2D eigenvalue weighted by molar-refractivity contribution is -0.130. The molecule has 0 unspecified atom stereocenters. The zero-order chi connectivity index (χ0) is 13.0. The Bertz CT molecular complexity index is 386. The second-order valence-corrected chi connectivity index (χ2v) is 5.03. The maximum Gasteiger partial charge on any atom is 0.238 e. The Balaban J connectivity index is 2.98. The minimum Gasteiger partial charge on any atom is -0.335 e. The fraction of sp³-hybridized carbons (Fsp3) is 0.417. The van der Waals surface area contributed by atoms with Crippen LogP contribution in [0.2, 0.25) is 10.0 Å². The molecule has 0 radical (unpaired) electrons. The van der Waals surface area contributed by atoms with E-state index in [1.807, 2.05) is 13.8 Å². The first kappa shape index (κ1) is 14.6. The number of halogens is 3. The highest BCUT2D eigenvalue weighted by Gasteiger charge is 2.18. The zero-order valence-electron chi connectivity index (χ0n) is 9.71. The molecule has 0 heterocycles. The van der Waals surface area contributed by atoms with E-state index in [0.29, 0.717) is 16.6 Å². The zero-order valence-corrected chi connectivity index (χ0v) is 12.0. The molecular weight excluding hydrogens is 280 g/mol. The molecule has 1 amide bonds. The third-order valence-electron chi connectivity index (χ3n) is 2.45. The Labute approximate surface area is 116 Å². The number of hydrogen-bond acceptors (Lipinski definition) is 1. The van der Waals surface area contributed by atoms with Gasteiger partial charge in [0, 0.05) is 28.2 Å². The van der Waals surface area contributed by atoms with Crippen LogP contribution in [0.15, 0.2) is 18.2 Å². The molecule has 0 aliphatic carbocycles. The van der Waals surface area contributed by atoms with E-state index in [0.717, 1.165) is 5.56 Å². The smallest absolute Gasteiger partial charge is 0.238 e. The molecule has 0 saturated carbocycles. The van der Waals surface area contributed by atoms with Gasteiger partial charge in [-0.2, -0.15) is 0 Å². The molecule has 1 aromatic carbocycles. The van der Waals surface area contributed by atoms with Crippen LogP contribution < -0.4 is 0 Å². The van der Waals surface area contributed by atoms with Crippen LogP contribution in [-0.2, 0) is 11.3 Å². The SMILES string of the molecule is CC(C)N(Cc1c(Cl)cccc1Cl)C(=O)CCl. The molecule has 0 spiro atoms. The maximum atomic E-state index is 11.7. The van der Waals surface area contributed by atoms with Gasteiger partial charge in [0.2, 0.25) is 5.91 Å². The fourth-order valence-corrected chi connectivity index (χ4v) is 2.16. The van der Waals surface area contributed by atoms with E-state index in [4.69, 9.17) is 34.8 Å². The van der Waals surface area contributed by atoms with Gasteiger partial charge in [-0.3, -0.25) is 4.79 Å². The predicted octanol–water partition coefficient (Wildman–Crippen LogP) is 3.97. The highest BCUT2D eigenvalue weighted by atomic mass is 35.5. The van der Waals surface area contributed by atoms with Gasteiger partial charge in [-0.15, -0.1) is 11.6 Å². The average Bonchev–Trinajstić information content (AvgIpc) is 2.27. The number of rotatable bonds is 4. The molecule has 1 aromatic rings. The van der Waals surface area contributed by atoms with Gasteiger partial charge in [0.15, 0.2) is 0 Å². The van der Waals surface area contributed by atoms with Crippen LogP contribution in [0.4, 0.5) is 0 Å². The van der Waals surface area contributed by atoms with Gasteiger partial charge in [0.1, 0.15) is 5.88 Å². The van der Waals surface area contributed by atoms with Crippen molar-refractivity contribution in [2.45, 2.75) is 26.4 Å². The average molecular weight is 295 g/mol. The number of nitrogens with zero attached hydrogens (tertiary/aromatic N) is 1. The summed E-state index contributed by atoms with van der Waals surface area (Å²) in [6, 6.07) is 5.34. The minimum atomic E-state index is -0.127. The molecule has 0 aromatic heterocycles. The molecule has 17 heavy (non-hydrogen) atoms. The largest absolute Gasteiger partial charge is 0.335 e. The molecule has 0 N–H and O–H groups in total. The molecule has 1 rings (SSSR count). The van der Waals surface area contributed by atoms with Crippen LogP contribution >= 0.6 is 34.8 Å². The van der Waals surface area contributed by atoms with Crippen molar-refractivity contribution in [3.8, 4) is 0 Å². The van der Waals surface area contributed by atoms with Crippen molar-refractivity contribution in [2.24, 2.45) is 0 Å². The molecule has 0 aliphatic rings. The maximum absolute atomic E-state index is 11.7. The van der Waals surface area contributed by atoms with E-state index >= 15 is 0 Å². The van der Waals surface area contributed by atoms with Gasteiger partial charge in [-0.05, 0) is 26.0 Å². The molecule has 0 atom stereocenters. The van der Waals surface area contributed by atoms with Crippen LogP contribution in [0.25, 0.3) is 0 Å². The molecule has 0 bridgehead atoms. The van der Waals surface area contributed by atoms with Crippen molar-refractivity contribution < 1.29 is 4.79 Å². The number of amides is 1. The van der Waals surface area contributed by atoms with Crippen LogP contribution in [0.5, 0.6) is 0 Å². The van der Waals surface area contributed by atoms with Crippen LogP contribution in [0.1, 0.15) is 19.4 Å². The summed E-state index contributed by atoms with van der Waals surface area (Å²) >= 11 is 17.7. The quantitative estimate of drug-likeness (QED) is 0.770.